The molecule has 0 aromatic heterocycles. The molecule has 118 valence electrons. The van der Waals surface area contributed by atoms with Crippen LogP contribution in [0.1, 0.15) is 24.5 Å². The van der Waals surface area contributed by atoms with Gasteiger partial charge in [-0.1, -0.05) is 55.5 Å². The lowest BCUT2D eigenvalue weighted by Crippen LogP contribution is -2.55. The fourth-order valence-electron chi connectivity index (χ4n) is 3.31. The van der Waals surface area contributed by atoms with Crippen molar-refractivity contribution in [3.8, 4) is 0 Å². The standard InChI is InChI=1S/C19H25FN2/c1-4-18(22(2)3)19(21,16-11-6-5-7-12-16)14-15-10-8-9-13-17(15)20/h5-13,18H,4,14,21H2,1-3H3. The Hall–Kier alpha value is -1.71. The molecule has 0 aliphatic rings. The van der Waals surface area contributed by atoms with Gasteiger partial charge >= 0.3 is 0 Å². The molecular formula is C19H25FN2. The SMILES string of the molecule is CCC(N(C)C)C(N)(Cc1ccccc1F)c1ccccc1. The molecule has 2 atom stereocenters. The van der Waals surface area contributed by atoms with Crippen LogP contribution in [-0.2, 0) is 12.0 Å². The third kappa shape index (κ3) is 3.37. The van der Waals surface area contributed by atoms with Crippen molar-refractivity contribution in [3.63, 3.8) is 0 Å². The molecule has 2 rings (SSSR count). The Labute approximate surface area is 132 Å². The van der Waals surface area contributed by atoms with Crippen LogP contribution in [0.4, 0.5) is 4.39 Å². The van der Waals surface area contributed by atoms with Gasteiger partial charge in [0.2, 0.25) is 0 Å². The summed E-state index contributed by atoms with van der Waals surface area (Å²) >= 11 is 0. The van der Waals surface area contributed by atoms with Crippen molar-refractivity contribution in [3.05, 3.63) is 71.5 Å². The van der Waals surface area contributed by atoms with Crippen molar-refractivity contribution >= 4 is 0 Å². The van der Waals surface area contributed by atoms with Gasteiger partial charge in [-0.15, -0.1) is 0 Å². The van der Waals surface area contributed by atoms with Crippen LogP contribution < -0.4 is 5.73 Å². The largest absolute Gasteiger partial charge is 0.320 e. The molecule has 0 aliphatic heterocycles. The Morgan fingerprint density at radius 1 is 1.05 bits per heavy atom. The first-order valence-corrected chi connectivity index (χ1v) is 7.73. The van der Waals surface area contributed by atoms with Crippen molar-refractivity contribution in [2.45, 2.75) is 31.3 Å². The molecule has 0 saturated heterocycles. The minimum atomic E-state index is -0.637. The second kappa shape index (κ2) is 7.03. The third-order valence-electron chi connectivity index (χ3n) is 4.36. The van der Waals surface area contributed by atoms with Crippen LogP contribution in [0, 0.1) is 5.82 Å². The van der Waals surface area contributed by atoms with Crippen molar-refractivity contribution in [1.82, 2.24) is 4.90 Å². The molecular weight excluding hydrogens is 275 g/mol. The van der Waals surface area contributed by atoms with E-state index in [-0.39, 0.29) is 11.9 Å². The molecule has 22 heavy (non-hydrogen) atoms. The van der Waals surface area contributed by atoms with Gasteiger partial charge in [-0.3, -0.25) is 0 Å². The zero-order valence-corrected chi connectivity index (χ0v) is 13.6. The number of benzene rings is 2. The van der Waals surface area contributed by atoms with Gasteiger partial charge in [-0.25, -0.2) is 4.39 Å². The van der Waals surface area contributed by atoms with Crippen LogP contribution in [0.2, 0.25) is 0 Å². The van der Waals surface area contributed by atoms with E-state index in [0.717, 1.165) is 12.0 Å². The van der Waals surface area contributed by atoms with Gasteiger partial charge in [-0.05, 0) is 44.1 Å². The number of rotatable bonds is 6. The number of hydrogen-bond donors (Lipinski definition) is 1. The maximum absolute atomic E-state index is 14.1. The zero-order valence-electron chi connectivity index (χ0n) is 13.6. The van der Waals surface area contributed by atoms with Gasteiger partial charge in [0.25, 0.3) is 0 Å². The summed E-state index contributed by atoms with van der Waals surface area (Å²) < 4.78 is 14.1. The van der Waals surface area contributed by atoms with Gasteiger partial charge in [0, 0.05) is 6.04 Å². The van der Waals surface area contributed by atoms with Crippen LogP contribution in [0.3, 0.4) is 0 Å². The first kappa shape index (κ1) is 16.7. The Balaban J connectivity index is 2.48. The zero-order chi connectivity index (χ0) is 16.2. The van der Waals surface area contributed by atoms with E-state index in [1.54, 1.807) is 6.07 Å². The van der Waals surface area contributed by atoms with Gasteiger partial charge < -0.3 is 10.6 Å². The maximum Gasteiger partial charge on any atom is 0.126 e. The lowest BCUT2D eigenvalue weighted by Gasteiger charge is -2.41. The smallest absolute Gasteiger partial charge is 0.126 e. The lowest BCUT2D eigenvalue weighted by atomic mass is 9.77. The fraction of sp³-hybridized carbons (Fsp3) is 0.368. The topological polar surface area (TPSA) is 29.3 Å². The second-order valence-electron chi connectivity index (χ2n) is 6.06. The number of nitrogens with two attached hydrogens (primary N) is 1. The van der Waals surface area contributed by atoms with E-state index < -0.39 is 5.54 Å². The van der Waals surface area contributed by atoms with E-state index >= 15 is 0 Å². The molecule has 2 aromatic rings. The minimum Gasteiger partial charge on any atom is -0.320 e. The highest BCUT2D eigenvalue weighted by atomic mass is 19.1. The molecule has 0 radical (unpaired) electrons. The Morgan fingerprint density at radius 2 is 1.64 bits per heavy atom. The first-order valence-electron chi connectivity index (χ1n) is 7.73. The number of nitrogens with zero attached hydrogens (tertiary/aromatic N) is 1. The molecule has 0 aliphatic carbocycles. The average Bonchev–Trinajstić information content (AvgIpc) is 2.51. The third-order valence-corrected chi connectivity index (χ3v) is 4.36. The Kier molecular flexibility index (Phi) is 5.33. The normalized spacial score (nSPS) is 15.5. The summed E-state index contributed by atoms with van der Waals surface area (Å²) in [5.41, 5.74) is 7.93. The van der Waals surface area contributed by atoms with Gasteiger partial charge in [0.1, 0.15) is 5.82 Å². The van der Waals surface area contributed by atoms with E-state index in [9.17, 15) is 4.39 Å². The van der Waals surface area contributed by atoms with Gasteiger partial charge in [0.05, 0.1) is 5.54 Å². The fourth-order valence-corrected chi connectivity index (χ4v) is 3.31. The first-order chi connectivity index (χ1) is 10.5. The summed E-state index contributed by atoms with van der Waals surface area (Å²) in [6, 6.07) is 17.0. The van der Waals surface area contributed by atoms with Crippen LogP contribution in [0.25, 0.3) is 0 Å². The van der Waals surface area contributed by atoms with Crippen molar-refractivity contribution in [1.29, 1.82) is 0 Å². The molecule has 2 aromatic carbocycles. The molecule has 0 bridgehead atoms. The average molecular weight is 300 g/mol. The molecule has 3 heteroatoms. The van der Waals surface area contributed by atoms with Crippen LogP contribution in [-0.4, -0.2) is 25.0 Å². The van der Waals surface area contributed by atoms with Crippen molar-refractivity contribution in [2.24, 2.45) is 5.73 Å². The quantitative estimate of drug-likeness (QED) is 0.884. The predicted molar refractivity (Wildman–Crippen MR) is 90.2 cm³/mol. The minimum absolute atomic E-state index is 0.120. The molecule has 2 nitrogen and oxygen atoms in total. The molecule has 2 N–H and O–H groups in total. The number of hydrogen-bond acceptors (Lipinski definition) is 2. The highest BCUT2D eigenvalue weighted by Gasteiger charge is 2.37. The summed E-state index contributed by atoms with van der Waals surface area (Å²) in [4.78, 5) is 2.13. The monoisotopic (exact) mass is 300 g/mol. The van der Waals surface area contributed by atoms with Crippen LogP contribution >= 0.6 is 0 Å². The summed E-state index contributed by atoms with van der Waals surface area (Å²) in [7, 11) is 4.06. The summed E-state index contributed by atoms with van der Waals surface area (Å²) in [5.74, 6) is -0.193. The Bertz CT molecular complexity index is 597. The molecule has 2 unspecified atom stereocenters. The van der Waals surface area contributed by atoms with Gasteiger partial charge in [0.15, 0.2) is 0 Å². The lowest BCUT2D eigenvalue weighted by molar-refractivity contribution is 0.167. The summed E-state index contributed by atoms with van der Waals surface area (Å²) in [5, 5.41) is 0. The van der Waals surface area contributed by atoms with E-state index in [1.165, 1.54) is 6.07 Å². The maximum atomic E-state index is 14.1. The van der Waals surface area contributed by atoms with Crippen molar-refractivity contribution in [2.75, 3.05) is 14.1 Å². The van der Waals surface area contributed by atoms with E-state index in [0.29, 0.717) is 12.0 Å². The summed E-state index contributed by atoms with van der Waals surface area (Å²) in [6.45, 7) is 2.12. The molecule has 0 heterocycles. The number of likely N-dealkylation sites (N-methyl/N-ethyl adjacent to an activating group) is 1. The van der Waals surface area contributed by atoms with E-state index in [2.05, 4.69) is 11.8 Å². The highest BCUT2D eigenvalue weighted by Crippen LogP contribution is 2.31. The van der Waals surface area contributed by atoms with Crippen LogP contribution in [0.5, 0.6) is 0 Å². The molecule has 0 fully saturated rings. The molecule has 0 amide bonds. The molecule has 0 saturated carbocycles. The molecule has 0 spiro atoms. The highest BCUT2D eigenvalue weighted by molar-refractivity contribution is 5.31. The second-order valence-corrected chi connectivity index (χ2v) is 6.06. The summed E-state index contributed by atoms with van der Waals surface area (Å²) in [6.07, 6.45) is 1.37. The van der Waals surface area contributed by atoms with Crippen molar-refractivity contribution < 1.29 is 4.39 Å². The van der Waals surface area contributed by atoms with E-state index in [4.69, 9.17) is 5.73 Å². The predicted octanol–water partition coefficient (Wildman–Crippen LogP) is 3.56. The van der Waals surface area contributed by atoms with Gasteiger partial charge in [-0.2, -0.15) is 0 Å². The Morgan fingerprint density at radius 3 is 2.18 bits per heavy atom. The number of halogens is 1. The van der Waals surface area contributed by atoms with E-state index in [1.807, 2.05) is 56.6 Å². The van der Waals surface area contributed by atoms with Crippen LogP contribution in [0.15, 0.2) is 54.6 Å².